The second-order valence-electron chi connectivity index (χ2n) is 6.27. The van der Waals surface area contributed by atoms with Crippen molar-refractivity contribution in [1.82, 2.24) is 5.32 Å². The molecule has 28 heavy (non-hydrogen) atoms. The summed E-state index contributed by atoms with van der Waals surface area (Å²) in [6, 6.07) is 26.0. The highest BCUT2D eigenvalue weighted by Gasteiger charge is 2.24. The minimum absolute atomic E-state index is 0.338. The molecule has 4 nitrogen and oxygen atoms in total. The molecule has 0 spiro atoms. The molecule has 1 aliphatic rings. The highest BCUT2D eigenvalue weighted by molar-refractivity contribution is 8.18. The van der Waals surface area contributed by atoms with Gasteiger partial charge in [-0.15, -0.1) is 0 Å². The second kappa shape index (κ2) is 8.15. The molecule has 1 saturated heterocycles. The summed E-state index contributed by atoms with van der Waals surface area (Å²) in [5.74, 6) is 0.392. The molecule has 0 atom stereocenters. The lowest BCUT2D eigenvalue weighted by Gasteiger charge is -2.08. The Hall–Kier alpha value is -3.31. The number of hydrogen-bond donors (Lipinski definition) is 1. The molecule has 0 aliphatic carbocycles. The van der Waals surface area contributed by atoms with Crippen molar-refractivity contribution in [1.29, 1.82) is 0 Å². The van der Waals surface area contributed by atoms with Crippen LogP contribution in [0.15, 0.2) is 83.8 Å². The molecular weight excluding hydrogens is 370 g/mol. The van der Waals surface area contributed by atoms with Crippen molar-refractivity contribution in [3.05, 3.63) is 94.9 Å². The number of imide groups is 1. The number of ether oxygens (including phenoxy) is 1. The number of benzene rings is 3. The number of amides is 2. The van der Waals surface area contributed by atoms with Gasteiger partial charge in [0.15, 0.2) is 0 Å². The van der Waals surface area contributed by atoms with Crippen LogP contribution in [0.3, 0.4) is 0 Å². The van der Waals surface area contributed by atoms with E-state index in [-0.39, 0.29) is 11.1 Å². The molecule has 0 radical (unpaired) electrons. The van der Waals surface area contributed by atoms with Crippen molar-refractivity contribution in [3.8, 4) is 16.9 Å². The number of rotatable bonds is 5. The van der Waals surface area contributed by atoms with E-state index in [2.05, 4.69) is 41.7 Å². The smallest absolute Gasteiger partial charge is 0.290 e. The van der Waals surface area contributed by atoms with Gasteiger partial charge in [0.05, 0.1) is 4.91 Å². The van der Waals surface area contributed by atoms with Crippen LogP contribution in [0.25, 0.3) is 17.2 Å². The third-order valence-electron chi connectivity index (χ3n) is 4.29. The van der Waals surface area contributed by atoms with E-state index in [1.165, 1.54) is 11.1 Å². The average molecular weight is 387 g/mol. The lowest BCUT2D eigenvalue weighted by Crippen LogP contribution is -2.17. The van der Waals surface area contributed by atoms with Crippen LogP contribution in [0, 0.1) is 0 Å². The van der Waals surface area contributed by atoms with Crippen molar-refractivity contribution in [2.24, 2.45) is 0 Å². The van der Waals surface area contributed by atoms with Gasteiger partial charge < -0.3 is 4.74 Å². The van der Waals surface area contributed by atoms with Crippen molar-refractivity contribution in [3.63, 3.8) is 0 Å². The summed E-state index contributed by atoms with van der Waals surface area (Å²) in [7, 11) is 0. The van der Waals surface area contributed by atoms with Crippen molar-refractivity contribution in [2.75, 3.05) is 0 Å². The number of carbonyl (C=O) groups excluding carboxylic acids is 2. The Morgan fingerprint density at radius 1 is 0.821 bits per heavy atom. The molecule has 3 aromatic rings. The first-order valence-electron chi connectivity index (χ1n) is 8.79. The maximum atomic E-state index is 11.6. The Kier molecular flexibility index (Phi) is 5.26. The van der Waals surface area contributed by atoms with Crippen LogP contribution in [-0.2, 0) is 11.4 Å². The van der Waals surface area contributed by atoms with Crippen molar-refractivity contribution >= 4 is 29.0 Å². The van der Waals surface area contributed by atoms with Gasteiger partial charge in [-0.2, -0.15) is 0 Å². The topological polar surface area (TPSA) is 55.4 Å². The van der Waals surface area contributed by atoms with Gasteiger partial charge in [-0.05, 0) is 52.2 Å². The van der Waals surface area contributed by atoms with E-state index in [0.717, 1.165) is 28.6 Å². The predicted molar refractivity (Wildman–Crippen MR) is 112 cm³/mol. The van der Waals surface area contributed by atoms with E-state index >= 15 is 0 Å². The fraction of sp³-hybridized carbons (Fsp3) is 0.0435. The number of carbonyl (C=O) groups is 2. The molecular formula is C23H17NO3S. The van der Waals surface area contributed by atoms with Crippen LogP contribution in [0.4, 0.5) is 4.79 Å². The Morgan fingerprint density at radius 3 is 2.14 bits per heavy atom. The van der Waals surface area contributed by atoms with Gasteiger partial charge in [0, 0.05) is 0 Å². The van der Waals surface area contributed by atoms with Crippen LogP contribution in [0.5, 0.6) is 5.75 Å². The molecule has 138 valence electrons. The molecule has 0 unspecified atom stereocenters. The van der Waals surface area contributed by atoms with E-state index in [1.807, 2.05) is 42.5 Å². The molecule has 5 heteroatoms. The first-order valence-corrected chi connectivity index (χ1v) is 9.61. The van der Waals surface area contributed by atoms with Gasteiger partial charge in [-0.25, -0.2) is 0 Å². The number of nitrogens with one attached hydrogen (secondary N) is 1. The lowest BCUT2D eigenvalue weighted by molar-refractivity contribution is -0.115. The van der Waals surface area contributed by atoms with E-state index < -0.39 is 0 Å². The molecule has 1 fully saturated rings. The minimum atomic E-state index is -0.353. The molecule has 0 saturated carbocycles. The second-order valence-corrected chi connectivity index (χ2v) is 7.29. The zero-order chi connectivity index (χ0) is 19.3. The van der Waals surface area contributed by atoms with E-state index in [4.69, 9.17) is 4.74 Å². The Morgan fingerprint density at radius 2 is 1.50 bits per heavy atom. The maximum Gasteiger partial charge on any atom is 0.290 e. The Bertz CT molecular complexity index is 1030. The van der Waals surface area contributed by atoms with Gasteiger partial charge >= 0.3 is 0 Å². The fourth-order valence-corrected chi connectivity index (χ4v) is 3.51. The molecule has 0 aromatic heterocycles. The van der Waals surface area contributed by atoms with Gasteiger partial charge in [0.1, 0.15) is 12.4 Å². The van der Waals surface area contributed by atoms with Gasteiger partial charge in [-0.3, -0.25) is 14.9 Å². The summed E-state index contributed by atoms with van der Waals surface area (Å²) >= 11 is 0.910. The highest BCUT2D eigenvalue weighted by atomic mass is 32.2. The molecule has 1 aliphatic heterocycles. The standard InChI is InChI=1S/C23H17NO3S/c25-22-21(28-23(26)24-22)14-16-8-12-20(13-9-16)27-15-17-6-10-19(11-7-17)18-4-2-1-3-5-18/h1-14H,15H2,(H,24,25,26). The lowest BCUT2D eigenvalue weighted by atomic mass is 10.0. The first-order chi connectivity index (χ1) is 13.7. The molecule has 2 amide bonds. The van der Waals surface area contributed by atoms with Gasteiger partial charge in [-0.1, -0.05) is 66.7 Å². The molecule has 4 rings (SSSR count). The summed E-state index contributed by atoms with van der Waals surface area (Å²) in [5.41, 5.74) is 4.29. The quantitative estimate of drug-likeness (QED) is 0.607. The summed E-state index contributed by atoms with van der Waals surface area (Å²) in [5, 5.41) is 1.90. The zero-order valence-corrected chi connectivity index (χ0v) is 15.7. The third kappa shape index (κ3) is 4.32. The van der Waals surface area contributed by atoms with Gasteiger partial charge in [0.25, 0.3) is 11.1 Å². The monoisotopic (exact) mass is 387 g/mol. The summed E-state index contributed by atoms with van der Waals surface area (Å²) in [4.78, 5) is 23.2. The average Bonchev–Trinajstić information content (AvgIpc) is 3.05. The van der Waals surface area contributed by atoms with E-state index in [9.17, 15) is 9.59 Å². The first kappa shape index (κ1) is 18.1. The number of hydrogen-bond acceptors (Lipinski definition) is 4. The Labute approximate surface area is 167 Å². The van der Waals surface area contributed by atoms with Gasteiger partial charge in [0.2, 0.25) is 0 Å². The number of thioether (sulfide) groups is 1. The summed E-state index contributed by atoms with van der Waals surface area (Å²) in [6.07, 6.45) is 1.69. The molecule has 1 heterocycles. The van der Waals surface area contributed by atoms with Crippen LogP contribution in [0.1, 0.15) is 11.1 Å². The van der Waals surface area contributed by atoms with Crippen LogP contribution in [-0.4, -0.2) is 11.1 Å². The molecule has 3 aromatic carbocycles. The zero-order valence-electron chi connectivity index (χ0n) is 14.9. The predicted octanol–water partition coefficient (Wildman–Crippen LogP) is 5.26. The Balaban J connectivity index is 1.37. The minimum Gasteiger partial charge on any atom is -0.489 e. The summed E-state index contributed by atoms with van der Waals surface area (Å²) in [6.45, 7) is 0.474. The van der Waals surface area contributed by atoms with Crippen molar-refractivity contribution < 1.29 is 14.3 Å². The maximum absolute atomic E-state index is 11.6. The van der Waals surface area contributed by atoms with Crippen LogP contribution < -0.4 is 10.1 Å². The van der Waals surface area contributed by atoms with E-state index in [0.29, 0.717) is 11.5 Å². The summed E-state index contributed by atoms with van der Waals surface area (Å²) < 4.78 is 5.84. The van der Waals surface area contributed by atoms with Crippen LogP contribution >= 0.6 is 11.8 Å². The largest absolute Gasteiger partial charge is 0.489 e. The van der Waals surface area contributed by atoms with E-state index in [1.54, 1.807) is 6.08 Å². The molecule has 1 N–H and O–H groups in total. The molecule has 0 bridgehead atoms. The normalized spacial score (nSPS) is 14.9. The third-order valence-corrected chi connectivity index (χ3v) is 5.10. The van der Waals surface area contributed by atoms with Crippen molar-refractivity contribution in [2.45, 2.75) is 6.61 Å². The fourth-order valence-electron chi connectivity index (χ4n) is 2.82. The SMILES string of the molecule is O=C1NC(=O)C(=Cc2ccc(OCc3ccc(-c4ccccc4)cc3)cc2)S1. The van der Waals surface area contributed by atoms with Crippen LogP contribution in [0.2, 0.25) is 0 Å². The highest BCUT2D eigenvalue weighted by Crippen LogP contribution is 2.26.